The number of amides is 1. The number of benzene rings is 3. The van der Waals surface area contributed by atoms with Gasteiger partial charge in [0.15, 0.2) is 11.0 Å². The Kier molecular flexibility index (Phi) is 6.39. The first-order valence-corrected chi connectivity index (χ1v) is 11.1. The molecule has 0 bridgehead atoms. The van der Waals surface area contributed by atoms with Gasteiger partial charge in [-0.25, -0.2) is 0 Å². The molecule has 0 saturated carbocycles. The van der Waals surface area contributed by atoms with Crippen LogP contribution in [0.2, 0.25) is 5.02 Å². The third-order valence-electron chi connectivity index (χ3n) is 4.73. The van der Waals surface area contributed by atoms with Gasteiger partial charge in [0.2, 0.25) is 5.91 Å². The molecule has 0 aliphatic heterocycles. The van der Waals surface area contributed by atoms with Crippen molar-refractivity contribution >= 4 is 35.0 Å². The van der Waals surface area contributed by atoms with Crippen LogP contribution in [0, 0.1) is 13.8 Å². The maximum Gasteiger partial charge on any atom is 0.234 e. The van der Waals surface area contributed by atoms with Crippen molar-refractivity contribution in [2.45, 2.75) is 19.0 Å². The average Bonchev–Trinajstić information content (AvgIpc) is 3.19. The Labute approximate surface area is 190 Å². The molecular formula is C24H21ClN4OS. The van der Waals surface area contributed by atoms with E-state index in [0.29, 0.717) is 15.9 Å². The van der Waals surface area contributed by atoms with Gasteiger partial charge in [-0.2, -0.15) is 0 Å². The third-order valence-corrected chi connectivity index (χ3v) is 5.89. The highest BCUT2D eigenvalue weighted by Crippen LogP contribution is 2.28. The van der Waals surface area contributed by atoms with E-state index in [1.807, 2.05) is 73.0 Å². The molecule has 1 N–H and O–H groups in total. The zero-order chi connectivity index (χ0) is 21.8. The zero-order valence-electron chi connectivity index (χ0n) is 17.2. The number of para-hydroxylation sites is 1. The average molecular weight is 449 g/mol. The van der Waals surface area contributed by atoms with E-state index in [1.165, 1.54) is 11.8 Å². The number of aryl methyl sites for hydroxylation is 2. The van der Waals surface area contributed by atoms with Gasteiger partial charge >= 0.3 is 0 Å². The molecule has 7 heteroatoms. The number of hydrogen-bond donors (Lipinski definition) is 1. The highest BCUT2D eigenvalue weighted by Gasteiger charge is 2.17. The van der Waals surface area contributed by atoms with E-state index in [4.69, 9.17) is 11.6 Å². The summed E-state index contributed by atoms with van der Waals surface area (Å²) in [7, 11) is 0. The summed E-state index contributed by atoms with van der Waals surface area (Å²) in [4.78, 5) is 12.6. The SMILES string of the molecule is Cc1cccc(-c2nnc(SCC(=O)Nc3cc(Cl)ccc3C)n2-c2ccccc2)c1. The molecule has 0 unspecified atom stereocenters. The van der Waals surface area contributed by atoms with E-state index in [9.17, 15) is 4.79 Å². The van der Waals surface area contributed by atoms with Crippen molar-refractivity contribution in [3.05, 3.63) is 88.9 Å². The Balaban J connectivity index is 1.60. The summed E-state index contributed by atoms with van der Waals surface area (Å²) in [5.74, 6) is 0.809. The monoisotopic (exact) mass is 448 g/mol. The Morgan fingerprint density at radius 3 is 2.58 bits per heavy atom. The van der Waals surface area contributed by atoms with Gasteiger partial charge in [0, 0.05) is 22.0 Å². The van der Waals surface area contributed by atoms with Gasteiger partial charge in [-0.15, -0.1) is 10.2 Å². The Morgan fingerprint density at radius 1 is 1.00 bits per heavy atom. The normalized spacial score (nSPS) is 10.8. The van der Waals surface area contributed by atoms with Crippen molar-refractivity contribution in [2.24, 2.45) is 0 Å². The number of halogens is 1. The van der Waals surface area contributed by atoms with Crippen LogP contribution in [-0.2, 0) is 4.79 Å². The smallest absolute Gasteiger partial charge is 0.234 e. The van der Waals surface area contributed by atoms with E-state index < -0.39 is 0 Å². The van der Waals surface area contributed by atoms with E-state index in [2.05, 4.69) is 21.6 Å². The predicted molar refractivity (Wildman–Crippen MR) is 127 cm³/mol. The Bertz CT molecular complexity index is 1220. The fourth-order valence-corrected chi connectivity index (χ4v) is 4.11. The maximum atomic E-state index is 12.6. The number of nitrogens with one attached hydrogen (secondary N) is 1. The number of aromatic nitrogens is 3. The molecule has 0 fully saturated rings. The molecule has 31 heavy (non-hydrogen) atoms. The topological polar surface area (TPSA) is 59.8 Å². The van der Waals surface area contributed by atoms with Crippen LogP contribution in [0.25, 0.3) is 17.1 Å². The van der Waals surface area contributed by atoms with E-state index >= 15 is 0 Å². The van der Waals surface area contributed by atoms with Crippen molar-refractivity contribution in [3.63, 3.8) is 0 Å². The predicted octanol–water partition coefficient (Wildman–Crippen LogP) is 5.94. The molecule has 1 heterocycles. The second-order valence-corrected chi connectivity index (χ2v) is 8.52. The molecule has 0 aliphatic rings. The molecule has 0 radical (unpaired) electrons. The highest BCUT2D eigenvalue weighted by atomic mass is 35.5. The van der Waals surface area contributed by atoms with Gasteiger partial charge in [0.05, 0.1) is 5.75 Å². The second-order valence-electron chi connectivity index (χ2n) is 7.14. The first kappa shape index (κ1) is 21.2. The van der Waals surface area contributed by atoms with Crippen LogP contribution in [0.1, 0.15) is 11.1 Å². The Morgan fingerprint density at radius 2 is 1.81 bits per heavy atom. The summed E-state index contributed by atoms with van der Waals surface area (Å²) in [6, 6.07) is 23.5. The number of carbonyl (C=O) groups is 1. The molecule has 3 aromatic carbocycles. The van der Waals surface area contributed by atoms with Gasteiger partial charge in [-0.05, 0) is 49.7 Å². The first-order valence-electron chi connectivity index (χ1n) is 9.78. The van der Waals surface area contributed by atoms with Crippen LogP contribution >= 0.6 is 23.4 Å². The van der Waals surface area contributed by atoms with Crippen LogP contribution in [0.4, 0.5) is 5.69 Å². The number of hydrogen-bond acceptors (Lipinski definition) is 4. The minimum absolute atomic E-state index is 0.130. The first-order chi connectivity index (χ1) is 15.0. The number of nitrogens with zero attached hydrogens (tertiary/aromatic N) is 3. The summed E-state index contributed by atoms with van der Waals surface area (Å²) in [5, 5.41) is 13.0. The van der Waals surface area contributed by atoms with Crippen molar-refractivity contribution < 1.29 is 4.79 Å². The van der Waals surface area contributed by atoms with Gasteiger partial charge in [0.25, 0.3) is 0 Å². The fraction of sp³-hybridized carbons (Fsp3) is 0.125. The molecule has 156 valence electrons. The van der Waals surface area contributed by atoms with Crippen molar-refractivity contribution in [1.82, 2.24) is 14.8 Å². The molecule has 1 aromatic heterocycles. The van der Waals surface area contributed by atoms with E-state index in [1.54, 1.807) is 12.1 Å². The molecule has 0 spiro atoms. The lowest BCUT2D eigenvalue weighted by Gasteiger charge is -2.11. The van der Waals surface area contributed by atoms with Gasteiger partial charge < -0.3 is 5.32 Å². The minimum atomic E-state index is -0.130. The molecule has 0 aliphatic carbocycles. The molecule has 5 nitrogen and oxygen atoms in total. The van der Waals surface area contributed by atoms with E-state index in [-0.39, 0.29) is 11.7 Å². The molecule has 4 rings (SSSR count). The quantitative estimate of drug-likeness (QED) is 0.371. The standard InChI is InChI=1S/C24H21ClN4OS/c1-16-7-6-8-18(13-16)23-27-28-24(29(23)20-9-4-3-5-10-20)31-15-22(30)26-21-14-19(25)12-11-17(21)2/h3-14H,15H2,1-2H3,(H,26,30). The highest BCUT2D eigenvalue weighted by molar-refractivity contribution is 7.99. The van der Waals surface area contributed by atoms with Gasteiger partial charge in [-0.3, -0.25) is 9.36 Å². The molecule has 4 aromatic rings. The summed E-state index contributed by atoms with van der Waals surface area (Å²) >= 11 is 7.40. The summed E-state index contributed by atoms with van der Waals surface area (Å²) < 4.78 is 1.98. The lowest BCUT2D eigenvalue weighted by molar-refractivity contribution is -0.113. The van der Waals surface area contributed by atoms with Crippen molar-refractivity contribution in [1.29, 1.82) is 0 Å². The Hall–Kier alpha value is -3.09. The second kappa shape index (κ2) is 9.37. The molecule has 1 amide bonds. The maximum absolute atomic E-state index is 12.6. The number of thioether (sulfide) groups is 1. The molecular weight excluding hydrogens is 428 g/mol. The summed E-state index contributed by atoms with van der Waals surface area (Å²) in [5.41, 5.74) is 4.73. The van der Waals surface area contributed by atoms with Crippen LogP contribution in [0.15, 0.2) is 78.0 Å². The van der Waals surface area contributed by atoms with Gasteiger partial charge in [0.1, 0.15) is 0 Å². The number of carbonyl (C=O) groups excluding carboxylic acids is 1. The van der Waals surface area contributed by atoms with Crippen LogP contribution in [-0.4, -0.2) is 26.4 Å². The van der Waals surface area contributed by atoms with Crippen LogP contribution < -0.4 is 5.32 Å². The lowest BCUT2D eigenvalue weighted by atomic mass is 10.1. The third kappa shape index (κ3) is 4.98. The fourth-order valence-electron chi connectivity index (χ4n) is 3.19. The van der Waals surface area contributed by atoms with Crippen molar-refractivity contribution in [2.75, 3.05) is 11.1 Å². The van der Waals surface area contributed by atoms with Crippen LogP contribution in [0.5, 0.6) is 0 Å². The van der Waals surface area contributed by atoms with E-state index in [0.717, 1.165) is 28.2 Å². The molecule has 0 atom stereocenters. The van der Waals surface area contributed by atoms with Gasteiger partial charge in [-0.1, -0.05) is 71.4 Å². The summed E-state index contributed by atoms with van der Waals surface area (Å²) in [6.07, 6.45) is 0. The number of anilines is 1. The van der Waals surface area contributed by atoms with Crippen molar-refractivity contribution in [3.8, 4) is 17.1 Å². The summed E-state index contributed by atoms with van der Waals surface area (Å²) in [6.45, 7) is 3.98. The van der Waals surface area contributed by atoms with Crippen LogP contribution in [0.3, 0.4) is 0 Å². The lowest BCUT2D eigenvalue weighted by Crippen LogP contribution is -2.15. The number of rotatable bonds is 6. The largest absolute Gasteiger partial charge is 0.325 e. The minimum Gasteiger partial charge on any atom is -0.325 e. The zero-order valence-corrected chi connectivity index (χ0v) is 18.7. The molecule has 0 saturated heterocycles.